The third kappa shape index (κ3) is 3.70. The molecule has 3 aromatic rings. The standard InChI is InChI=1S/C23H24N4OS/c1-3-27(4-2)17-11-9-15(10-12-17)13-16(14-24)21-25-22(28)20-18-7-5-6-8-19(18)29-23(20)26-21/h9-13H,3-8H2,1-2H3,(H,25,26,28)/b16-13+. The second-order valence-electron chi connectivity index (χ2n) is 7.24. The summed E-state index contributed by atoms with van der Waals surface area (Å²) in [6, 6.07) is 10.3. The van der Waals surface area contributed by atoms with E-state index in [0.29, 0.717) is 16.8 Å². The van der Waals surface area contributed by atoms with Crippen LogP contribution in [0, 0.1) is 11.3 Å². The van der Waals surface area contributed by atoms with Gasteiger partial charge in [-0.2, -0.15) is 5.26 Å². The van der Waals surface area contributed by atoms with Crippen LogP contribution in [0.2, 0.25) is 0 Å². The molecular weight excluding hydrogens is 380 g/mol. The molecule has 1 aromatic carbocycles. The molecule has 6 heteroatoms. The van der Waals surface area contributed by atoms with Crippen LogP contribution in [0.4, 0.5) is 5.69 Å². The SMILES string of the molecule is CCN(CC)c1ccc(/C=C(\C#N)c2nc3sc4c(c3c(=O)[nH]2)CCCC4)cc1. The topological polar surface area (TPSA) is 72.8 Å². The van der Waals surface area contributed by atoms with Gasteiger partial charge in [0.15, 0.2) is 5.82 Å². The molecule has 0 saturated heterocycles. The van der Waals surface area contributed by atoms with Gasteiger partial charge in [0.25, 0.3) is 5.56 Å². The first-order valence-corrected chi connectivity index (χ1v) is 11.0. The molecule has 0 saturated carbocycles. The lowest BCUT2D eigenvalue weighted by Gasteiger charge is -2.20. The van der Waals surface area contributed by atoms with Gasteiger partial charge in [-0.25, -0.2) is 4.98 Å². The second kappa shape index (κ2) is 8.22. The molecule has 0 unspecified atom stereocenters. The van der Waals surface area contributed by atoms with Crippen LogP contribution in [0.5, 0.6) is 0 Å². The molecule has 0 fully saturated rings. The molecule has 5 nitrogen and oxygen atoms in total. The van der Waals surface area contributed by atoms with Crippen molar-refractivity contribution in [1.29, 1.82) is 5.26 Å². The molecule has 0 amide bonds. The maximum atomic E-state index is 12.8. The third-order valence-electron chi connectivity index (χ3n) is 5.53. The normalized spacial score (nSPS) is 13.9. The van der Waals surface area contributed by atoms with E-state index in [1.165, 1.54) is 4.88 Å². The summed E-state index contributed by atoms with van der Waals surface area (Å²) in [6.45, 7) is 6.16. The fourth-order valence-corrected chi connectivity index (χ4v) is 5.24. The summed E-state index contributed by atoms with van der Waals surface area (Å²) in [7, 11) is 0. The van der Waals surface area contributed by atoms with Crippen molar-refractivity contribution in [2.24, 2.45) is 0 Å². The quantitative estimate of drug-likeness (QED) is 0.622. The molecule has 2 heterocycles. The Labute approximate surface area is 174 Å². The number of anilines is 1. The number of thiophene rings is 1. The Bertz CT molecular complexity index is 1160. The van der Waals surface area contributed by atoms with Gasteiger partial charge < -0.3 is 9.88 Å². The third-order valence-corrected chi connectivity index (χ3v) is 6.72. The molecule has 1 aliphatic rings. The summed E-state index contributed by atoms with van der Waals surface area (Å²) >= 11 is 1.60. The Hall–Kier alpha value is -2.91. The smallest absolute Gasteiger partial charge is 0.260 e. The lowest BCUT2D eigenvalue weighted by Crippen LogP contribution is -2.21. The van der Waals surface area contributed by atoms with Crippen molar-refractivity contribution in [3.8, 4) is 6.07 Å². The fourth-order valence-electron chi connectivity index (χ4n) is 3.98. The van der Waals surface area contributed by atoms with Crippen molar-refractivity contribution in [3.63, 3.8) is 0 Å². The first-order chi connectivity index (χ1) is 14.1. The first kappa shape index (κ1) is 19.4. The Morgan fingerprint density at radius 2 is 1.97 bits per heavy atom. The lowest BCUT2D eigenvalue weighted by molar-refractivity contribution is 0.700. The van der Waals surface area contributed by atoms with Gasteiger partial charge in [0.2, 0.25) is 0 Å². The Morgan fingerprint density at radius 3 is 2.66 bits per heavy atom. The Balaban J connectivity index is 1.71. The number of aromatic amines is 1. The number of nitriles is 1. The second-order valence-corrected chi connectivity index (χ2v) is 8.32. The van der Waals surface area contributed by atoms with Crippen molar-refractivity contribution in [2.75, 3.05) is 18.0 Å². The van der Waals surface area contributed by atoms with Gasteiger partial charge in [0.05, 0.1) is 11.0 Å². The van der Waals surface area contributed by atoms with Gasteiger partial charge >= 0.3 is 0 Å². The largest absolute Gasteiger partial charge is 0.372 e. The summed E-state index contributed by atoms with van der Waals surface area (Å²) in [4.78, 5) is 24.5. The number of aryl methyl sites for hydroxylation is 2. The van der Waals surface area contributed by atoms with Gasteiger partial charge in [0.1, 0.15) is 10.9 Å². The fraction of sp³-hybridized carbons (Fsp3) is 0.348. The number of H-pyrrole nitrogens is 1. The van der Waals surface area contributed by atoms with E-state index in [1.807, 2.05) is 12.1 Å². The highest BCUT2D eigenvalue weighted by molar-refractivity contribution is 7.18. The van der Waals surface area contributed by atoms with Gasteiger partial charge in [-0.1, -0.05) is 12.1 Å². The number of hydrogen-bond acceptors (Lipinski definition) is 5. The molecule has 0 atom stereocenters. The van der Waals surface area contributed by atoms with Crippen LogP contribution in [0.3, 0.4) is 0 Å². The van der Waals surface area contributed by atoms with E-state index in [9.17, 15) is 10.1 Å². The van der Waals surface area contributed by atoms with Crippen molar-refractivity contribution in [2.45, 2.75) is 39.5 Å². The highest BCUT2D eigenvalue weighted by atomic mass is 32.1. The Kier molecular flexibility index (Phi) is 5.50. The zero-order valence-electron chi connectivity index (χ0n) is 16.8. The monoisotopic (exact) mass is 404 g/mol. The van der Waals surface area contributed by atoms with Crippen molar-refractivity contribution >= 4 is 38.9 Å². The predicted octanol–water partition coefficient (Wildman–Crippen LogP) is 4.77. The van der Waals surface area contributed by atoms with Crippen LogP contribution >= 0.6 is 11.3 Å². The summed E-state index contributed by atoms with van der Waals surface area (Å²) in [6.07, 6.45) is 6.03. The number of nitrogens with one attached hydrogen (secondary N) is 1. The zero-order valence-corrected chi connectivity index (χ0v) is 17.6. The Morgan fingerprint density at radius 1 is 1.24 bits per heavy atom. The highest BCUT2D eigenvalue weighted by Crippen LogP contribution is 2.34. The van der Waals surface area contributed by atoms with Crippen molar-refractivity contribution in [1.82, 2.24) is 9.97 Å². The minimum absolute atomic E-state index is 0.137. The van der Waals surface area contributed by atoms with E-state index < -0.39 is 0 Å². The molecule has 4 rings (SSSR count). The first-order valence-electron chi connectivity index (χ1n) is 10.2. The van der Waals surface area contributed by atoms with Crippen LogP contribution < -0.4 is 10.5 Å². The van der Waals surface area contributed by atoms with Gasteiger partial charge in [-0.05, 0) is 68.9 Å². The summed E-state index contributed by atoms with van der Waals surface area (Å²) in [5.74, 6) is 0.344. The van der Waals surface area contributed by atoms with Crippen LogP contribution in [-0.4, -0.2) is 23.1 Å². The number of benzene rings is 1. The number of aromatic nitrogens is 2. The van der Waals surface area contributed by atoms with Crippen molar-refractivity contribution < 1.29 is 0 Å². The zero-order chi connectivity index (χ0) is 20.4. The number of hydrogen-bond donors (Lipinski definition) is 1. The van der Waals surface area contributed by atoms with Crippen LogP contribution in [0.25, 0.3) is 21.9 Å². The van der Waals surface area contributed by atoms with Crippen molar-refractivity contribution in [3.05, 3.63) is 56.4 Å². The van der Waals surface area contributed by atoms with Gasteiger partial charge in [-0.15, -0.1) is 11.3 Å². The minimum Gasteiger partial charge on any atom is -0.372 e. The molecule has 148 valence electrons. The van der Waals surface area contributed by atoms with E-state index in [-0.39, 0.29) is 5.56 Å². The summed E-state index contributed by atoms with van der Waals surface area (Å²) < 4.78 is 0. The van der Waals surface area contributed by atoms with Crippen LogP contribution in [0.1, 0.15) is 48.5 Å². The number of allylic oxidation sites excluding steroid dienone is 1. The number of fused-ring (bicyclic) bond motifs is 3. The van der Waals surface area contributed by atoms with Gasteiger partial charge in [0, 0.05) is 23.7 Å². The summed E-state index contributed by atoms with van der Waals surface area (Å²) in [5.41, 5.74) is 3.45. The van der Waals surface area contributed by atoms with Crippen LogP contribution in [-0.2, 0) is 12.8 Å². The molecule has 2 aromatic heterocycles. The molecule has 1 aliphatic carbocycles. The molecule has 0 aliphatic heterocycles. The molecule has 0 radical (unpaired) electrons. The van der Waals surface area contributed by atoms with E-state index in [4.69, 9.17) is 0 Å². The average molecular weight is 405 g/mol. The van der Waals surface area contributed by atoms with E-state index in [1.54, 1.807) is 17.4 Å². The number of nitrogens with zero attached hydrogens (tertiary/aromatic N) is 3. The number of rotatable bonds is 5. The van der Waals surface area contributed by atoms with E-state index in [2.05, 4.69) is 46.9 Å². The molecule has 0 spiro atoms. The highest BCUT2D eigenvalue weighted by Gasteiger charge is 2.20. The average Bonchev–Trinajstić information content (AvgIpc) is 3.13. The molecular formula is C23H24N4OS. The maximum Gasteiger partial charge on any atom is 0.260 e. The summed E-state index contributed by atoms with van der Waals surface area (Å²) in [5, 5.41) is 10.4. The van der Waals surface area contributed by atoms with E-state index >= 15 is 0 Å². The van der Waals surface area contributed by atoms with Crippen LogP contribution in [0.15, 0.2) is 29.1 Å². The molecule has 29 heavy (non-hydrogen) atoms. The minimum atomic E-state index is -0.137. The molecule has 1 N–H and O–H groups in total. The predicted molar refractivity (Wildman–Crippen MR) is 120 cm³/mol. The van der Waals surface area contributed by atoms with Gasteiger partial charge in [-0.3, -0.25) is 4.79 Å². The van der Waals surface area contributed by atoms with E-state index in [0.717, 1.165) is 60.4 Å². The molecule has 0 bridgehead atoms. The lowest BCUT2D eigenvalue weighted by atomic mass is 9.97. The maximum absolute atomic E-state index is 12.8.